The first-order valence-corrected chi connectivity index (χ1v) is 1.69. The van der Waals surface area contributed by atoms with Gasteiger partial charge in [-0.25, -0.2) is 0 Å². The second-order valence-corrected chi connectivity index (χ2v) is 0.682. The summed E-state index contributed by atoms with van der Waals surface area (Å²) in [4.78, 5) is 8.89. The first-order valence-electron chi connectivity index (χ1n) is 1.69. The van der Waals surface area contributed by atoms with Crippen LogP contribution < -0.4 is 5.73 Å². The second-order valence-electron chi connectivity index (χ2n) is 0.682. The van der Waals surface area contributed by atoms with Crippen LogP contribution in [-0.2, 0) is 4.79 Å². The van der Waals surface area contributed by atoms with E-state index in [4.69, 9.17) is 15.6 Å². The summed E-state index contributed by atoms with van der Waals surface area (Å²) in [5.74, 6) is -1.08. The molecular weight excluding hydrogens is 94.0 g/mol. The van der Waals surface area contributed by atoms with Crippen LogP contribution in [-0.4, -0.2) is 17.6 Å². The van der Waals surface area contributed by atoms with Crippen LogP contribution in [0.5, 0.6) is 0 Å². The third kappa shape index (κ3) is 197. The number of carboxylic acids is 1. The number of carboxylic acid groups (broad SMARTS) is 1. The van der Waals surface area contributed by atoms with Crippen molar-refractivity contribution in [3.63, 3.8) is 0 Å². The van der Waals surface area contributed by atoms with E-state index in [1.54, 1.807) is 0 Å². The molecule has 0 aromatic heterocycles. The molecule has 3 N–H and O–H groups in total. The molecule has 0 aromatic rings. The lowest BCUT2D eigenvalue weighted by molar-refractivity contribution is -0.131. The Morgan fingerprint density at radius 2 is 1.86 bits per heavy atom. The highest BCUT2D eigenvalue weighted by Gasteiger charge is 1.66. The molecular formula is C4H9NO2. The summed E-state index contributed by atoms with van der Waals surface area (Å²) in [6, 6.07) is 0. The fraction of sp³-hybridized carbons (Fsp3) is 0.250. The van der Waals surface area contributed by atoms with Crippen molar-refractivity contribution in [3.05, 3.63) is 13.8 Å². The molecule has 7 heavy (non-hydrogen) atoms. The van der Waals surface area contributed by atoms with E-state index >= 15 is 0 Å². The molecule has 0 atom stereocenters. The predicted octanol–water partition coefficient (Wildman–Crippen LogP) is -0.316. The summed E-state index contributed by atoms with van der Waals surface area (Å²) >= 11 is 0. The quantitative estimate of drug-likeness (QED) is 0.442. The van der Waals surface area contributed by atoms with Crippen molar-refractivity contribution in [1.82, 2.24) is 0 Å². The van der Waals surface area contributed by atoms with Crippen molar-refractivity contribution >= 4 is 5.97 Å². The normalized spacial score (nSPS) is 6.14. The van der Waals surface area contributed by atoms with Gasteiger partial charge in [0.2, 0.25) is 0 Å². The minimum absolute atomic E-state index is 0.500. The van der Waals surface area contributed by atoms with E-state index in [-0.39, 0.29) is 0 Å². The third-order valence-corrected chi connectivity index (χ3v) is 0. The number of nitrogens with two attached hydrogens (primary N) is 1. The lowest BCUT2D eigenvalue weighted by Gasteiger charge is -1.58. The Balaban J connectivity index is 0. The van der Waals surface area contributed by atoms with Gasteiger partial charge in [-0.3, -0.25) is 4.79 Å². The minimum Gasteiger partial charge on any atom is -0.481 e. The smallest absolute Gasteiger partial charge is 0.303 e. The Hall–Kier alpha value is -0.570. The molecule has 3 nitrogen and oxygen atoms in total. The molecule has 0 spiro atoms. The molecule has 0 amide bonds. The topological polar surface area (TPSA) is 63.3 Å². The monoisotopic (exact) mass is 103 g/mol. The second kappa shape index (κ2) is 9.06. The van der Waals surface area contributed by atoms with Gasteiger partial charge in [0.05, 0.1) is 6.92 Å². The Kier molecular flexibility index (Phi) is 12.5. The van der Waals surface area contributed by atoms with Crippen molar-refractivity contribution in [1.29, 1.82) is 0 Å². The molecule has 42 valence electrons. The van der Waals surface area contributed by atoms with Crippen molar-refractivity contribution in [2.75, 3.05) is 6.54 Å². The predicted molar refractivity (Wildman–Crippen MR) is 27.4 cm³/mol. The fourth-order valence-electron chi connectivity index (χ4n) is 0. The van der Waals surface area contributed by atoms with Gasteiger partial charge >= 0.3 is 5.97 Å². The highest BCUT2D eigenvalue weighted by molar-refractivity contribution is 5.71. The first kappa shape index (κ1) is 9.66. The lowest BCUT2D eigenvalue weighted by Crippen LogP contribution is -1.88. The summed E-state index contributed by atoms with van der Waals surface area (Å²) < 4.78 is 0. The Morgan fingerprint density at radius 3 is 1.86 bits per heavy atom. The maximum Gasteiger partial charge on any atom is 0.303 e. The van der Waals surface area contributed by atoms with Crippen molar-refractivity contribution < 1.29 is 9.90 Å². The van der Waals surface area contributed by atoms with Crippen molar-refractivity contribution in [3.8, 4) is 0 Å². The Bertz CT molecular complexity index is 41.0. The maximum absolute atomic E-state index is 8.89. The average Bonchev–Trinajstić information content (AvgIpc) is 1.33. The van der Waals surface area contributed by atoms with Gasteiger partial charge in [-0.15, -0.1) is 0 Å². The zero-order valence-corrected chi connectivity index (χ0v) is 4.05. The molecule has 3 heteroatoms. The van der Waals surface area contributed by atoms with Crippen LogP contribution in [0.3, 0.4) is 0 Å². The number of hydrogen-bond donors (Lipinski definition) is 2. The molecule has 0 aliphatic rings. The van der Waals surface area contributed by atoms with Gasteiger partial charge in [-0.2, -0.15) is 0 Å². The van der Waals surface area contributed by atoms with Crippen LogP contribution in [0.15, 0.2) is 0 Å². The van der Waals surface area contributed by atoms with E-state index in [1.807, 2.05) is 0 Å². The molecule has 0 saturated carbocycles. The van der Waals surface area contributed by atoms with Crippen LogP contribution in [0.25, 0.3) is 0 Å². The van der Waals surface area contributed by atoms with Crippen LogP contribution >= 0.6 is 0 Å². The van der Waals surface area contributed by atoms with Gasteiger partial charge in [0, 0.05) is 0 Å². The molecule has 0 unspecified atom stereocenters. The van der Waals surface area contributed by atoms with E-state index in [1.165, 1.54) is 0 Å². The van der Waals surface area contributed by atoms with Crippen molar-refractivity contribution in [2.45, 2.75) is 0 Å². The van der Waals surface area contributed by atoms with E-state index in [2.05, 4.69) is 13.8 Å². The van der Waals surface area contributed by atoms with Gasteiger partial charge in [0.25, 0.3) is 0 Å². The van der Waals surface area contributed by atoms with E-state index < -0.39 is 5.97 Å². The third-order valence-electron chi connectivity index (χ3n) is 0. The average molecular weight is 103 g/mol. The summed E-state index contributed by atoms with van der Waals surface area (Å²) in [5.41, 5.74) is 4.74. The Labute approximate surface area is 43.1 Å². The molecule has 0 aliphatic carbocycles. The Morgan fingerprint density at radius 1 is 1.86 bits per heavy atom. The largest absolute Gasteiger partial charge is 0.481 e. The standard InChI is InChI=1S/C2H6N.C2H3O2/c1-2-3;1-2(3)4/h1-3H2;1H2,(H,3,4). The molecule has 2 radical (unpaired) electrons. The van der Waals surface area contributed by atoms with Gasteiger partial charge < -0.3 is 10.8 Å². The number of carbonyl (C=O) groups is 1. The van der Waals surface area contributed by atoms with Crippen LogP contribution in [0.2, 0.25) is 0 Å². The lowest BCUT2D eigenvalue weighted by atomic mass is 10.8. The fourth-order valence-corrected chi connectivity index (χ4v) is 0. The molecule has 0 fully saturated rings. The molecule has 0 aromatic carbocycles. The molecule has 0 saturated heterocycles. The van der Waals surface area contributed by atoms with Crippen LogP contribution in [0, 0.1) is 13.8 Å². The molecule has 0 aliphatic heterocycles. The van der Waals surface area contributed by atoms with Gasteiger partial charge in [-0.1, -0.05) is 0 Å². The SMILES string of the molecule is [CH2]C(=O)O.[CH2]CN. The van der Waals surface area contributed by atoms with E-state index in [9.17, 15) is 0 Å². The zero-order valence-electron chi connectivity index (χ0n) is 4.05. The first-order chi connectivity index (χ1) is 3.15. The van der Waals surface area contributed by atoms with E-state index in [0.29, 0.717) is 6.54 Å². The molecule has 0 heterocycles. The highest BCUT2D eigenvalue weighted by atomic mass is 16.4. The highest BCUT2D eigenvalue weighted by Crippen LogP contribution is 1.40. The summed E-state index contributed by atoms with van der Waals surface area (Å²) in [6.07, 6.45) is 0. The van der Waals surface area contributed by atoms with Crippen LogP contribution in [0.4, 0.5) is 0 Å². The number of hydrogen-bond acceptors (Lipinski definition) is 2. The molecule has 0 bridgehead atoms. The summed E-state index contributed by atoms with van der Waals surface area (Å²) in [7, 11) is 0. The molecule has 0 rings (SSSR count). The summed E-state index contributed by atoms with van der Waals surface area (Å²) in [6.45, 7) is 6.32. The minimum atomic E-state index is -1.08. The number of rotatable bonds is 0. The van der Waals surface area contributed by atoms with Gasteiger partial charge in [-0.05, 0) is 13.5 Å². The van der Waals surface area contributed by atoms with Gasteiger partial charge in [0.1, 0.15) is 0 Å². The zero-order chi connectivity index (χ0) is 6.28. The van der Waals surface area contributed by atoms with Gasteiger partial charge in [0.15, 0.2) is 0 Å². The van der Waals surface area contributed by atoms with Crippen LogP contribution in [0.1, 0.15) is 0 Å². The van der Waals surface area contributed by atoms with E-state index in [0.717, 1.165) is 0 Å². The maximum atomic E-state index is 8.89. The summed E-state index contributed by atoms with van der Waals surface area (Å²) in [5, 5.41) is 7.31. The van der Waals surface area contributed by atoms with Crippen molar-refractivity contribution in [2.24, 2.45) is 5.73 Å². The number of aliphatic carboxylic acids is 1.